The van der Waals surface area contributed by atoms with Crippen LogP contribution >= 0.6 is 22.7 Å². The third kappa shape index (κ3) is 5.37. The monoisotopic (exact) mass is 886 g/mol. The first-order valence-corrected chi connectivity index (χ1v) is 24.2. The van der Waals surface area contributed by atoms with E-state index in [9.17, 15) is 0 Å². The molecule has 0 bridgehead atoms. The summed E-state index contributed by atoms with van der Waals surface area (Å²) in [5.41, 5.74) is 6.40. The molecule has 0 amide bonds. The van der Waals surface area contributed by atoms with E-state index in [0.717, 1.165) is 38.7 Å². The largest absolute Gasteiger partial charge is 0.309 e. The van der Waals surface area contributed by atoms with Gasteiger partial charge in [0, 0.05) is 73.2 Å². The topological polar surface area (TPSA) is 43.6 Å². The van der Waals surface area contributed by atoms with Crippen molar-refractivity contribution in [2.45, 2.75) is 0 Å². The van der Waals surface area contributed by atoms with Crippen LogP contribution in [0.2, 0.25) is 0 Å². The fraction of sp³-hybridized carbons (Fsp3) is 0. The van der Waals surface area contributed by atoms with E-state index in [1.807, 2.05) is 22.7 Å². The van der Waals surface area contributed by atoms with Crippen LogP contribution in [0, 0.1) is 0 Å². The summed E-state index contributed by atoms with van der Waals surface area (Å²) in [5, 5.41) is 17.0. The molecule has 4 heterocycles. The first-order valence-electron chi connectivity index (χ1n) is 22.6. The minimum atomic E-state index is 0.642. The number of thiophene rings is 2. The normalized spacial score (nSPS) is 12.2. The first kappa shape index (κ1) is 37.0. The number of hydrogen-bond acceptors (Lipinski definition) is 5. The molecule has 0 aliphatic rings. The number of fused-ring (bicyclic) bond motifs is 16. The summed E-state index contributed by atoms with van der Waals surface area (Å²) in [6.07, 6.45) is 0. The summed E-state index contributed by atoms with van der Waals surface area (Å²) in [7, 11) is 0. The lowest BCUT2D eigenvalue weighted by Gasteiger charge is -2.16. The van der Waals surface area contributed by atoms with Crippen LogP contribution in [0.15, 0.2) is 206 Å². The minimum Gasteiger partial charge on any atom is -0.309 e. The van der Waals surface area contributed by atoms with Crippen molar-refractivity contribution >= 4 is 128 Å². The summed E-state index contributed by atoms with van der Waals surface area (Å²) in [6.45, 7) is 0. The van der Waals surface area contributed by atoms with Crippen molar-refractivity contribution in [3.8, 4) is 39.9 Å². The Morgan fingerprint density at radius 2 is 0.776 bits per heavy atom. The van der Waals surface area contributed by atoms with Gasteiger partial charge < -0.3 is 4.57 Å². The Morgan fingerprint density at radius 1 is 0.269 bits per heavy atom. The van der Waals surface area contributed by atoms with Crippen molar-refractivity contribution < 1.29 is 0 Å². The van der Waals surface area contributed by atoms with Crippen LogP contribution in [-0.4, -0.2) is 19.5 Å². The predicted octanol–water partition coefficient (Wildman–Crippen LogP) is 17.3. The van der Waals surface area contributed by atoms with Crippen molar-refractivity contribution in [3.63, 3.8) is 0 Å². The van der Waals surface area contributed by atoms with E-state index in [1.165, 1.54) is 89.0 Å². The van der Waals surface area contributed by atoms with Gasteiger partial charge in [-0.1, -0.05) is 158 Å². The SMILES string of the molecule is c1ccc2c(c1)ccc1ccc3c(ccc4c3c3ccccc3n4-c3ccc(-c4nc(-c5cccc6sc7ccccc7c56)nc(-c5cccc6sc7ccccc7c56)n4)c4ccccc34)c12. The Balaban J connectivity index is 0.994. The van der Waals surface area contributed by atoms with Crippen LogP contribution in [0.1, 0.15) is 0 Å². The molecule has 0 saturated heterocycles. The van der Waals surface area contributed by atoms with Gasteiger partial charge in [0.1, 0.15) is 0 Å². The molecule has 0 saturated carbocycles. The molecule has 310 valence electrons. The van der Waals surface area contributed by atoms with Gasteiger partial charge in [0.25, 0.3) is 0 Å². The van der Waals surface area contributed by atoms with E-state index >= 15 is 0 Å². The zero-order chi connectivity index (χ0) is 43.7. The summed E-state index contributed by atoms with van der Waals surface area (Å²) in [4.78, 5) is 16.4. The first-order chi connectivity index (χ1) is 33.2. The lowest BCUT2D eigenvalue weighted by Crippen LogP contribution is -2.02. The second kappa shape index (κ2) is 14.1. The predicted molar refractivity (Wildman–Crippen MR) is 286 cm³/mol. The summed E-state index contributed by atoms with van der Waals surface area (Å²) >= 11 is 3.62. The van der Waals surface area contributed by atoms with Crippen molar-refractivity contribution in [3.05, 3.63) is 206 Å². The molecule has 11 aromatic carbocycles. The van der Waals surface area contributed by atoms with Crippen LogP contribution in [0.25, 0.3) is 145 Å². The molecule has 67 heavy (non-hydrogen) atoms. The van der Waals surface area contributed by atoms with Gasteiger partial charge in [-0.05, 0) is 86.2 Å². The Labute approximate surface area is 391 Å². The fourth-order valence-corrected chi connectivity index (χ4v) is 13.2. The van der Waals surface area contributed by atoms with E-state index in [-0.39, 0.29) is 0 Å². The van der Waals surface area contributed by atoms with Crippen molar-refractivity contribution in [2.24, 2.45) is 0 Å². The average molecular weight is 887 g/mol. The van der Waals surface area contributed by atoms with Crippen LogP contribution in [0.3, 0.4) is 0 Å². The smallest absolute Gasteiger partial charge is 0.164 e. The van der Waals surface area contributed by atoms with Gasteiger partial charge in [0.15, 0.2) is 17.5 Å². The molecule has 0 fully saturated rings. The number of benzene rings is 11. The number of para-hydroxylation sites is 1. The number of nitrogens with zero attached hydrogens (tertiary/aromatic N) is 4. The molecule has 4 nitrogen and oxygen atoms in total. The molecule has 0 aliphatic heterocycles. The number of aromatic nitrogens is 4. The highest BCUT2D eigenvalue weighted by molar-refractivity contribution is 7.26. The maximum Gasteiger partial charge on any atom is 0.164 e. The molecule has 0 spiro atoms. The highest BCUT2D eigenvalue weighted by Gasteiger charge is 2.23. The van der Waals surface area contributed by atoms with Crippen molar-refractivity contribution in [1.29, 1.82) is 0 Å². The molecule has 4 aromatic heterocycles. The highest BCUT2D eigenvalue weighted by atomic mass is 32.1. The lowest BCUT2D eigenvalue weighted by atomic mass is 9.94. The molecule has 15 rings (SSSR count). The Hall–Kier alpha value is -8.29. The molecular formula is C61H34N4S2. The number of hydrogen-bond donors (Lipinski definition) is 0. The van der Waals surface area contributed by atoms with Gasteiger partial charge in [-0.3, -0.25) is 0 Å². The Kier molecular flexibility index (Phi) is 7.79. The lowest BCUT2D eigenvalue weighted by molar-refractivity contribution is 1.08. The molecule has 0 N–H and O–H groups in total. The van der Waals surface area contributed by atoms with Gasteiger partial charge in [-0.2, -0.15) is 0 Å². The zero-order valence-corrected chi connectivity index (χ0v) is 37.4. The van der Waals surface area contributed by atoms with E-state index in [1.54, 1.807) is 0 Å². The molecule has 15 aromatic rings. The van der Waals surface area contributed by atoms with Crippen LogP contribution < -0.4 is 0 Å². The minimum absolute atomic E-state index is 0.642. The van der Waals surface area contributed by atoms with Crippen LogP contribution in [0.4, 0.5) is 0 Å². The van der Waals surface area contributed by atoms with E-state index in [0.29, 0.717) is 17.5 Å². The van der Waals surface area contributed by atoms with Gasteiger partial charge >= 0.3 is 0 Å². The standard InChI is InChI=1S/C61H34N4S2/c1-2-14-37-35(13-1)27-28-36-29-30-41-40(55(36)37)31-34-50-56(41)43-17-5-8-22-48(43)65(50)49-33-32-42(38-15-3-4-16-39(38)49)59-62-60(46-20-11-25-53-57(46)44-18-6-9-23-51(44)66-53)64-61(63-59)47-21-12-26-54-58(47)45-19-7-10-24-52(45)67-54/h1-34H. The van der Waals surface area contributed by atoms with E-state index < -0.39 is 0 Å². The summed E-state index contributed by atoms with van der Waals surface area (Å²) < 4.78 is 7.37. The second-order valence-corrected chi connectivity index (χ2v) is 19.6. The maximum atomic E-state index is 5.47. The Bertz CT molecular complexity index is 4460. The molecule has 0 unspecified atom stereocenters. The fourth-order valence-electron chi connectivity index (χ4n) is 11.0. The second-order valence-electron chi connectivity index (χ2n) is 17.4. The summed E-state index contributed by atoms with van der Waals surface area (Å²) in [6, 6.07) is 74.9. The maximum absolute atomic E-state index is 5.47. The van der Waals surface area contributed by atoms with Crippen LogP contribution in [-0.2, 0) is 0 Å². The van der Waals surface area contributed by atoms with Crippen molar-refractivity contribution in [2.75, 3.05) is 0 Å². The molecule has 0 atom stereocenters. The number of rotatable bonds is 4. The van der Waals surface area contributed by atoms with Gasteiger partial charge in [-0.25, -0.2) is 15.0 Å². The van der Waals surface area contributed by atoms with Crippen LogP contribution in [0.5, 0.6) is 0 Å². The molecule has 0 aliphatic carbocycles. The van der Waals surface area contributed by atoms with Gasteiger partial charge in [0.2, 0.25) is 0 Å². The highest BCUT2D eigenvalue weighted by Crippen LogP contribution is 2.45. The molecular weight excluding hydrogens is 853 g/mol. The van der Waals surface area contributed by atoms with E-state index in [4.69, 9.17) is 15.0 Å². The quantitative estimate of drug-likeness (QED) is 0.165. The molecule has 6 heteroatoms. The average Bonchev–Trinajstić information content (AvgIpc) is 4.08. The third-order valence-electron chi connectivity index (χ3n) is 13.8. The Morgan fingerprint density at radius 3 is 1.48 bits per heavy atom. The van der Waals surface area contributed by atoms with Gasteiger partial charge in [-0.15, -0.1) is 22.7 Å². The summed E-state index contributed by atoms with van der Waals surface area (Å²) in [5.74, 6) is 1.96. The van der Waals surface area contributed by atoms with Crippen molar-refractivity contribution in [1.82, 2.24) is 19.5 Å². The third-order valence-corrected chi connectivity index (χ3v) is 16.1. The van der Waals surface area contributed by atoms with Gasteiger partial charge in [0.05, 0.1) is 16.7 Å². The molecule has 0 radical (unpaired) electrons. The zero-order valence-electron chi connectivity index (χ0n) is 35.7. The van der Waals surface area contributed by atoms with E-state index in [2.05, 4.69) is 211 Å².